The second-order valence-corrected chi connectivity index (χ2v) is 5.91. The summed E-state index contributed by atoms with van der Waals surface area (Å²) in [5.41, 5.74) is 5.57. The number of piperidine rings is 2. The minimum absolute atomic E-state index is 0.301. The van der Waals surface area contributed by atoms with Crippen LogP contribution in [-0.4, -0.2) is 61.9 Å². The van der Waals surface area contributed by atoms with Crippen LogP contribution in [0.3, 0.4) is 0 Å². The van der Waals surface area contributed by atoms with Gasteiger partial charge in [-0.3, -0.25) is 4.79 Å². The summed E-state index contributed by atoms with van der Waals surface area (Å²) >= 11 is 0. The van der Waals surface area contributed by atoms with Crippen molar-refractivity contribution in [3.8, 4) is 0 Å². The fourth-order valence-electron chi connectivity index (χ4n) is 3.36. The van der Waals surface area contributed by atoms with E-state index in [0.717, 1.165) is 58.5 Å². The molecule has 0 aromatic heterocycles. The Morgan fingerprint density at radius 3 is 2.50 bits per heavy atom. The maximum absolute atomic E-state index is 12.5. The lowest BCUT2D eigenvalue weighted by atomic mass is 9.82. The van der Waals surface area contributed by atoms with Crippen LogP contribution in [0.1, 0.15) is 25.7 Å². The number of carbonyl (C=O) groups excluding carboxylic acids is 1. The average molecular weight is 253 g/mol. The number of ketones is 1. The Morgan fingerprint density at radius 1 is 1.17 bits per heavy atom. The molecule has 2 aliphatic rings. The van der Waals surface area contributed by atoms with Crippen LogP contribution in [0.2, 0.25) is 0 Å². The predicted molar refractivity (Wildman–Crippen MR) is 73.4 cm³/mol. The summed E-state index contributed by atoms with van der Waals surface area (Å²) in [7, 11) is 2.13. The van der Waals surface area contributed by atoms with Gasteiger partial charge in [0.05, 0.1) is 0 Å². The molecular weight excluding hydrogens is 226 g/mol. The molecule has 0 bridgehead atoms. The molecular formula is C14H27N3O. The molecule has 2 N–H and O–H groups in total. The third-order valence-corrected chi connectivity index (χ3v) is 4.46. The number of rotatable bonds is 4. The molecule has 2 aliphatic heterocycles. The van der Waals surface area contributed by atoms with E-state index in [1.807, 2.05) is 0 Å². The highest BCUT2D eigenvalue weighted by Crippen LogP contribution is 2.25. The van der Waals surface area contributed by atoms with E-state index in [9.17, 15) is 4.79 Å². The summed E-state index contributed by atoms with van der Waals surface area (Å²) < 4.78 is 0. The van der Waals surface area contributed by atoms with Crippen LogP contribution in [-0.2, 0) is 4.79 Å². The Balaban J connectivity index is 1.80. The topological polar surface area (TPSA) is 49.6 Å². The van der Waals surface area contributed by atoms with Gasteiger partial charge >= 0.3 is 0 Å². The fraction of sp³-hybridized carbons (Fsp3) is 0.929. The maximum Gasteiger partial charge on any atom is 0.140 e. The summed E-state index contributed by atoms with van der Waals surface area (Å²) in [6.07, 6.45) is 4.36. The second-order valence-electron chi connectivity index (χ2n) is 5.91. The van der Waals surface area contributed by atoms with Crippen molar-refractivity contribution >= 4 is 5.78 Å². The molecule has 2 rings (SSSR count). The van der Waals surface area contributed by atoms with Crippen LogP contribution in [0.25, 0.3) is 0 Å². The van der Waals surface area contributed by atoms with Crippen LogP contribution >= 0.6 is 0 Å². The first-order chi connectivity index (χ1) is 8.70. The number of hydrogen-bond acceptors (Lipinski definition) is 4. The second kappa shape index (κ2) is 6.64. The molecule has 0 amide bonds. The zero-order valence-corrected chi connectivity index (χ0v) is 11.6. The lowest BCUT2D eigenvalue weighted by Crippen LogP contribution is -2.43. The Bertz CT molecular complexity index is 274. The Labute approximate surface area is 110 Å². The monoisotopic (exact) mass is 253 g/mol. The normalized spacial score (nSPS) is 28.4. The first-order valence-electron chi connectivity index (χ1n) is 7.35. The molecule has 1 atom stereocenters. The van der Waals surface area contributed by atoms with Crippen molar-refractivity contribution in [1.29, 1.82) is 0 Å². The molecule has 2 fully saturated rings. The van der Waals surface area contributed by atoms with Gasteiger partial charge in [0.1, 0.15) is 5.78 Å². The van der Waals surface area contributed by atoms with Gasteiger partial charge in [-0.15, -0.1) is 0 Å². The molecule has 0 spiro atoms. The molecule has 0 saturated carbocycles. The van der Waals surface area contributed by atoms with E-state index in [0.29, 0.717) is 17.6 Å². The summed E-state index contributed by atoms with van der Waals surface area (Å²) in [6.45, 7) is 5.94. The lowest BCUT2D eigenvalue weighted by Gasteiger charge is -2.35. The van der Waals surface area contributed by atoms with E-state index in [2.05, 4.69) is 16.8 Å². The van der Waals surface area contributed by atoms with Crippen molar-refractivity contribution in [2.75, 3.05) is 46.3 Å². The largest absolute Gasteiger partial charge is 0.329 e. The molecule has 0 aliphatic carbocycles. The summed E-state index contributed by atoms with van der Waals surface area (Å²) in [6, 6.07) is 0. The highest BCUT2D eigenvalue weighted by atomic mass is 16.1. The zero-order valence-electron chi connectivity index (χ0n) is 11.6. The van der Waals surface area contributed by atoms with Gasteiger partial charge in [-0.25, -0.2) is 0 Å². The van der Waals surface area contributed by atoms with Crippen molar-refractivity contribution < 1.29 is 4.79 Å². The van der Waals surface area contributed by atoms with E-state index in [4.69, 9.17) is 5.73 Å². The molecule has 4 nitrogen and oxygen atoms in total. The predicted octanol–water partition coefficient (Wildman–Crippen LogP) is 0.568. The molecule has 18 heavy (non-hydrogen) atoms. The van der Waals surface area contributed by atoms with Crippen molar-refractivity contribution in [2.24, 2.45) is 17.6 Å². The number of carbonyl (C=O) groups is 1. The third-order valence-electron chi connectivity index (χ3n) is 4.46. The minimum atomic E-state index is 0.301. The quantitative estimate of drug-likeness (QED) is 0.796. The molecule has 0 aromatic carbocycles. The number of hydrogen-bond donors (Lipinski definition) is 1. The van der Waals surface area contributed by atoms with Gasteiger partial charge in [-0.2, -0.15) is 0 Å². The first kappa shape index (κ1) is 14.0. The Hall–Kier alpha value is -0.450. The number of nitrogens with two attached hydrogens (primary N) is 1. The fourth-order valence-corrected chi connectivity index (χ4v) is 3.36. The molecule has 2 saturated heterocycles. The van der Waals surface area contributed by atoms with Crippen LogP contribution < -0.4 is 5.73 Å². The molecule has 0 radical (unpaired) electrons. The Morgan fingerprint density at radius 2 is 1.89 bits per heavy atom. The van der Waals surface area contributed by atoms with E-state index in [-0.39, 0.29) is 0 Å². The minimum Gasteiger partial charge on any atom is -0.329 e. The molecule has 104 valence electrons. The number of nitrogens with zero attached hydrogens (tertiary/aromatic N) is 2. The van der Waals surface area contributed by atoms with Gasteiger partial charge in [-0.1, -0.05) is 0 Å². The summed E-state index contributed by atoms with van der Waals surface area (Å²) in [5.74, 6) is 1.15. The first-order valence-corrected chi connectivity index (χ1v) is 7.35. The molecule has 1 unspecified atom stereocenters. The highest BCUT2D eigenvalue weighted by Gasteiger charge is 2.31. The lowest BCUT2D eigenvalue weighted by molar-refractivity contribution is -0.129. The highest BCUT2D eigenvalue weighted by molar-refractivity contribution is 5.83. The van der Waals surface area contributed by atoms with Crippen LogP contribution in [0.4, 0.5) is 0 Å². The van der Waals surface area contributed by atoms with Gasteiger partial charge < -0.3 is 15.5 Å². The van der Waals surface area contributed by atoms with Gasteiger partial charge in [-0.05, 0) is 52.4 Å². The van der Waals surface area contributed by atoms with Crippen molar-refractivity contribution in [3.63, 3.8) is 0 Å². The van der Waals surface area contributed by atoms with E-state index in [1.165, 1.54) is 6.42 Å². The molecule has 2 heterocycles. The van der Waals surface area contributed by atoms with E-state index >= 15 is 0 Å². The Kier molecular flexibility index (Phi) is 5.15. The van der Waals surface area contributed by atoms with Crippen molar-refractivity contribution in [1.82, 2.24) is 9.80 Å². The van der Waals surface area contributed by atoms with Crippen LogP contribution in [0.5, 0.6) is 0 Å². The maximum atomic E-state index is 12.5. The summed E-state index contributed by atoms with van der Waals surface area (Å²) in [4.78, 5) is 17.2. The third kappa shape index (κ3) is 3.53. The van der Waals surface area contributed by atoms with Crippen molar-refractivity contribution in [2.45, 2.75) is 25.7 Å². The van der Waals surface area contributed by atoms with Crippen LogP contribution in [0, 0.1) is 11.8 Å². The van der Waals surface area contributed by atoms with E-state index < -0.39 is 0 Å². The van der Waals surface area contributed by atoms with E-state index in [1.54, 1.807) is 0 Å². The van der Waals surface area contributed by atoms with Gasteiger partial charge in [0.2, 0.25) is 0 Å². The zero-order chi connectivity index (χ0) is 13.0. The van der Waals surface area contributed by atoms with Gasteiger partial charge in [0.25, 0.3) is 0 Å². The standard InChI is InChI=1S/C14H27N3O/c1-16-7-2-3-13(11-16)14(18)12-4-8-17(9-5-12)10-6-15/h12-13H,2-11,15H2,1H3. The van der Waals surface area contributed by atoms with Crippen LogP contribution in [0.15, 0.2) is 0 Å². The number of Topliss-reactive ketones (excluding diaryl/α,β-unsaturated/α-hetero) is 1. The summed E-state index contributed by atoms with van der Waals surface area (Å²) in [5, 5.41) is 0. The smallest absolute Gasteiger partial charge is 0.140 e. The average Bonchev–Trinajstić information content (AvgIpc) is 2.39. The van der Waals surface area contributed by atoms with Gasteiger partial charge in [0.15, 0.2) is 0 Å². The number of likely N-dealkylation sites (tertiary alicyclic amines) is 2. The molecule has 0 aromatic rings. The SMILES string of the molecule is CN1CCCC(C(=O)C2CCN(CCN)CC2)C1. The van der Waals surface area contributed by atoms with Gasteiger partial charge in [0, 0.05) is 31.5 Å². The van der Waals surface area contributed by atoms with Crippen molar-refractivity contribution in [3.05, 3.63) is 0 Å². The molecule has 4 heteroatoms.